The van der Waals surface area contributed by atoms with Crippen LogP contribution >= 0.6 is 0 Å². The second kappa shape index (κ2) is 9.26. The molecule has 1 aromatic heterocycles. The molecular weight excluding hydrogens is 380 g/mol. The van der Waals surface area contributed by atoms with Gasteiger partial charge in [0.1, 0.15) is 12.3 Å². The molecule has 30 heavy (non-hydrogen) atoms. The first-order chi connectivity index (χ1) is 14.7. The molecule has 4 rings (SSSR count). The van der Waals surface area contributed by atoms with Crippen LogP contribution in [0, 0.1) is 5.92 Å². The van der Waals surface area contributed by atoms with Crippen LogP contribution in [0.3, 0.4) is 0 Å². The van der Waals surface area contributed by atoms with Crippen LogP contribution in [-0.2, 0) is 16.1 Å². The van der Waals surface area contributed by atoms with Crippen LogP contribution < -0.4 is 14.5 Å². The van der Waals surface area contributed by atoms with Crippen molar-refractivity contribution < 1.29 is 19.2 Å². The number of nitrogens with zero attached hydrogens (tertiary/aromatic N) is 3. The zero-order valence-electron chi connectivity index (χ0n) is 17.4. The highest BCUT2D eigenvalue weighted by Crippen LogP contribution is 2.33. The van der Waals surface area contributed by atoms with Gasteiger partial charge >= 0.3 is 0 Å². The third-order valence-electron chi connectivity index (χ3n) is 5.92. The number of pyridine rings is 1. The molecule has 0 unspecified atom stereocenters. The smallest absolute Gasteiger partial charge is 0.228 e. The predicted octanol–water partition coefficient (Wildman–Crippen LogP) is 0.761. The summed E-state index contributed by atoms with van der Waals surface area (Å²) >= 11 is 0. The van der Waals surface area contributed by atoms with Crippen molar-refractivity contribution in [1.29, 1.82) is 0 Å². The van der Waals surface area contributed by atoms with E-state index in [-0.39, 0.29) is 24.2 Å². The van der Waals surface area contributed by atoms with E-state index in [0.717, 1.165) is 38.4 Å². The van der Waals surface area contributed by atoms with Gasteiger partial charge in [0.15, 0.2) is 0 Å². The molecule has 2 aliphatic rings. The number of nitrogens with one attached hydrogen (secondary N) is 1. The monoisotopic (exact) mass is 409 g/mol. The molecule has 0 radical (unpaired) electrons. The molecule has 3 heterocycles. The van der Waals surface area contributed by atoms with Crippen molar-refractivity contribution in [3.63, 3.8) is 0 Å². The Morgan fingerprint density at radius 3 is 2.63 bits per heavy atom. The summed E-state index contributed by atoms with van der Waals surface area (Å²) in [5.74, 6) is 0.494. The summed E-state index contributed by atoms with van der Waals surface area (Å²) in [7, 11) is 0. The van der Waals surface area contributed by atoms with Crippen LogP contribution in [0.2, 0.25) is 0 Å². The number of anilines is 1. The van der Waals surface area contributed by atoms with Crippen molar-refractivity contribution in [2.75, 3.05) is 44.2 Å². The standard InChI is InChI=1S/C23H28N4O3/c1-2-30-21-6-4-3-5-20(21)27-17-19(15-22(27)28)23(29)26-13-11-25(12-14-26)16-18-7-9-24-10-8-18/h3-10,19H,2,11-17H2,1H3/p+1/t19-/m1/s1. The third kappa shape index (κ3) is 4.46. The van der Waals surface area contributed by atoms with Gasteiger partial charge in [0.2, 0.25) is 11.8 Å². The lowest BCUT2D eigenvalue weighted by Crippen LogP contribution is -3.13. The maximum absolute atomic E-state index is 13.1. The highest BCUT2D eigenvalue weighted by atomic mass is 16.5. The summed E-state index contributed by atoms with van der Waals surface area (Å²) in [4.78, 5) is 35.0. The highest BCUT2D eigenvalue weighted by Gasteiger charge is 2.39. The molecule has 158 valence electrons. The number of ether oxygens (including phenoxy) is 1. The molecule has 2 aromatic rings. The highest BCUT2D eigenvalue weighted by molar-refractivity contribution is 6.01. The first-order valence-electron chi connectivity index (χ1n) is 10.7. The number of aromatic nitrogens is 1. The van der Waals surface area contributed by atoms with Gasteiger partial charge in [-0.2, -0.15) is 0 Å². The fourth-order valence-corrected chi connectivity index (χ4v) is 4.33. The molecule has 7 nitrogen and oxygen atoms in total. The van der Waals surface area contributed by atoms with Crippen molar-refractivity contribution >= 4 is 17.5 Å². The van der Waals surface area contributed by atoms with Crippen LogP contribution in [0.1, 0.15) is 18.9 Å². The molecule has 2 amide bonds. The molecule has 7 heteroatoms. The fourth-order valence-electron chi connectivity index (χ4n) is 4.33. The van der Waals surface area contributed by atoms with E-state index in [1.54, 1.807) is 4.90 Å². The van der Waals surface area contributed by atoms with E-state index in [1.165, 1.54) is 10.5 Å². The van der Waals surface area contributed by atoms with E-state index < -0.39 is 0 Å². The molecule has 0 aliphatic carbocycles. The van der Waals surface area contributed by atoms with Gasteiger partial charge in [-0.05, 0) is 31.2 Å². The summed E-state index contributed by atoms with van der Waals surface area (Å²) in [6.45, 7) is 7.15. The first kappa shape index (κ1) is 20.3. The average Bonchev–Trinajstić information content (AvgIpc) is 3.16. The van der Waals surface area contributed by atoms with E-state index in [0.29, 0.717) is 18.9 Å². The molecule has 2 aliphatic heterocycles. The average molecular weight is 410 g/mol. The van der Waals surface area contributed by atoms with Gasteiger partial charge in [-0.15, -0.1) is 0 Å². The van der Waals surface area contributed by atoms with Gasteiger partial charge in [-0.1, -0.05) is 12.1 Å². The van der Waals surface area contributed by atoms with E-state index in [2.05, 4.69) is 4.98 Å². The number of quaternary nitrogens is 1. The van der Waals surface area contributed by atoms with E-state index in [9.17, 15) is 9.59 Å². The van der Waals surface area contributed by atoms with E-state index in [4.69, 9.17) is 4.74 Å². The SMILES string of the molecule is CCOc1ccccc1N1C[C@H](C(=O)N2CC[NH+](Cc3ccncc3)CC2)CC1=O. The summed E-state index contributed by atoms with van der Waals surface area (Å²) < 4.78 is 5.67. The number of rotatable bonds is 6. The zero-order chi connectivity index (χ0) is 20.9. The maximum atomic E-state index is 13.1. The van der Waals surface area contributed by atoms with Crippen molar-refractivity contribution in [1.82, 2.24) is 9.88 Å². The van der Waals surface area contributed by atoms with Crippen LogP contribution in [-0.4, -0.2) is 61.0 Å². The molecule has 1 aromatic carbocycles. The Kier molecular flexibility index (Phi) is 6.28. The Balaban J connectivity index is 1.34. The number of para-hydroxylation sites is 2. The van der Waals surface area contributed by atoms with Crippen LogP contribution in [0.5, 0.6) is 5.75 Å². The Morgan fingerprint density at radius 1 is 1.17 bits per heavy atom. The molecule has 0 spiro atoms. The topological polar surface area (TPSA) is 67.2 Å². The quantitative estimate of drug-likeness (QED) is 0.765. The third-order valence-corrected chi connectivity index (χ3v) is 5.92. The van der Waals surface area contributed by atoms with Crippen molar-refractivity contribution in [2.24, 2.45) is 5.92 Å². The van der Waals surface area contributed by atoms with Crippen LogP contribution in [0.15, 0.2) is 48.8 Å². The number of hydrogen-bond acceptors (Lipinski definition) is 4. The largest absolute Gasteiger partial charge is 0.492 e. The van der Waals surface area contributed by atoms with Crippen molar-refractivity contribution in [2.45, 2.75) is 19.9 Å². The summed E-state index contributed by atoms with van der Waals surface area (Å²) in [5.41, 5.74) is 2.02. The van der Waals surface area contributed by atoms with E-state index >= 15 is 0 Å². The number of piperazine rings is 1. The maximum Gasteiger partial charge on any atom is 0.228 e. The lowest BCUT2D eigenvalue weighted by molar-refractivity contribution is -0.917. The normalized spacial score (nSPS) is 19.9. The van der Waals surface area contributed by atoms with Crippen molar-refractivity contribution in [3.05, 3.63) is 54.4 Å². The number of hydrogen-bond donors (Lipinski definition) is 1. The number of carbonyl (C=O) groups is 2. The Hall–Kier alpha value is -2.93. The second-order valence-corrected chi connectivity index (χ2v) is 7.91. The Bertz CT molecular complexity index is 881. The number of benzene rings is 1. The lowest BCUT2D eigenvalue weighted by Gasteiger charge is -2.33. The zero-order valence-corrected chi connectivity index (χ0v) is 17.4. The molecule has 1 N–H and O–H groups in total. The fraction of sp³-hybridized carbons (Fsp3) is 0.435. The Morgan fingerprint density at radius 2 is 1.90 bits per heavy atom. The van der Waals surface area contributed by atoms with Gasteiger partial charge in [0, 0.05) is 30.9 Å². The molecule has 2 saturated heterocycles. The summed E-state index contributed by atoms with van der Waals surface area (Å²) in [6, 6.07) is 11.6. The van der Waals surface area contributed by atoms with Gasteiger partial charge in [-0.25, -0.2) is 0 Å². The minimum absolute atomic E-state index is 0.0116. The number of amides is 2. The van der Waals surface area contributed by atoms with Gasteiger partial charge in [0.05, 0.1) is 44.4 Å². The van der Waals surface area contributed by atoms with Crippen LogP contribution in [0.4, 0.5) is 5.69 Å². The lowest BCUT2D eigenvalue weighted by atomic mass is 10.1. The summed E-state index contributed by atoms with van der Waals surface area (Å²) in [6.07, 6.45) is 3.91. The van der Waals surface area contributed by atoms with Gasteiger partial charge in [-0.3, -0.25) is 14.6 Å². The molecule has 1 atom stereocenters. The first-order valence-corrected chi connectivity index (χ1v) is 10.7. The van der Waals surface area contributed by atoms with Crippen LogP contribution in [0.25, 0.3) is 0 Å². The minimum Gasteiger partial charge on any atom is -0.492 e. The Labute approximate surface area is 177 Å². The van der Waals surface area contributed by atoms with Crippen molar-refractivity contribution in [3.8, 4) is 5.75 Å². The minimum atomic E-state index is -0.283. The summed E-state index contributed by atoms with van der Waals surface area (Å²) in [5, 5.41) is 0. The van der Waals surface area contributed by atoms with Gasteiger partial charge in [0.25, 0.3) is 0 Å². The molecular formula is C23H29N4O3+. The predicted molar refractivity (Wildman–Crippen MR) is 113 cm³/mol. The molecule has 0 saturated carbocycles. The molecule has 2 fully saturated rings. The second-order valence-electron chi connectivity index (χ2n) is 7.91. The number of carbonyl (C=O) groups excluding carboxylic acids is 2. The van der Waals surface area contributed by atoms with E-state index in [1.807, 2.05) is 60.6 Å². The molecule has 0 bridgehead atoms. The van der Waals surface area contributed by atoms with Gasteiger partial charge < -0.3 is 19.4 Å².